The summed E-state index contributed by atoms with van der Waals surface area (Å²) in [6.45, 7) is 3.16. The van der Waals surface area contributed by atoms with Gasteiger partial charge in [0.2, 0.25) is 10.0 Å². The lowest BCUT2D eigenvalue weighted by Crippen LogP contribution is -2.16. The number of nitrogens with one attached hydrogen (secondary N) is 1. The van der Waals surface area contributed by atoms with Crippen molar-refractivity contribution in [1.82, 2.24) is 0 Å². The number of sulfonamides is 1. The molecule has 0 spiro atoms. The number of hydrogen-bond acceptors (Lipinski definition) is 5. The van der Waals surface area contributed by atoms with Crippen LogP contribution in [0.25, 0.3) is 0 Å². The van der Waals surface area contributed by atoms with Crippen LogP contribution in [0.3, 0.4) is 0 Å². The van der Waals surface area contributed by atoms with Crippen LogP contribution in [-0.2, 0) is 10.0 Å². The molecule has 2 aromatic carbocycles. The van der Waals surface area contributed by atoms with Crippen molar-refractivity contribution in [2.75, 3.05) is 5.32 Å². The number of primary sulfonamides is 1. The van der Waals surface area contributed by atoms with Crippen LogP contribution in [0.15, 0.2) is 41.3 Å². The Balaban J connectivity index is 2.41. The Hall–Kier alpha value is -2.78. The maximum atomic E-state index is 12.4. The standard InChI is InChI=1S/C15H15N3O5S/c1-9-6-7-11(24(16,22)23)8-13(9)17-15(19)12-4-3-5-14(10(12)2)18(20)21/h3-8H,1-2H3,(H,17,19)(H2,16,22,23). The molecule has 0 aliphatic rings. The van der Waals surface area contributed by atoms with Gasteiger partial charge in [-0.05, 0) is 37.6 Å². The number of nitrogens with zero attached hydrogens (tertiary/aromatic N) is 1. The normalized spacial score (nSPS) is 11.1. The number of carbonyl (C=O) groups excluding carboxylic acids is 1. The Bertz CT molecular complexity index is 938. The Morgan fingerprint density at radius 2 is 1.88 bits per heavy atom. The van der Waals surface area contributed by atoms with E-state index in [1.165, 1.54) is 43.3 Å². The molecule has 0 aliphatic heterocycles. The Morgan fingerprint density at radius 1 is 1.21 bits per heavy atom. The molecule has 3 N–H and O–H groups in total. The van der Waals surface area contributed by atoms with Crippen LogP contribution >= 0.6 is 0 Å². The molecule has 0 bridgehead atoms. The van der Waals surface area contributed by atoms with E-state index >= 15 is 0 Å². The second kappa shape index (κ2) is 6.38. The summed E-state index contributed by atoms with van der Waals surface area (Å²) in [6, 6.07) is 8.26. The van der Waals surface area contributed by atoms with Crippen molar-refractivity contribution in [1.29, 1.82) is 0 Å². The van der Waals surface area contributed by atoms with E-state index < -0.39 is 20.9 Å². The second-order valence-electron chi connectivity index (χ2n) is 5.18. The van der Waals surface area contributed by atoms with E-state index in [2.05, 4.69) is 5.32 Å². The summed E-state index contributed by atoms with van der Waals surface area (Å²) in [7, 11) is -3.91. The molecule has 2 rings (SSSR count). The van der Waals surface area contributed by atoms with Crippen molar-refractivity contribution in [2.45, 2.75) is 18.7 Å². The molecule has 0 heterocycles. The van der Waals surface area contributed by atoms with Gasteiger partial charge in [0, 0.05) is 22.9 Å². The van der Waals surface area contributed by atoms with Crippen LogP contribution in [0.4, 0.5) is 11.4 Å². The molecule has 2 aromatic rings. The highest BCUT2D eigenvalue weighted by atomic mass is 32.2. The van der Waals surface area contributed by atoms with Crippen molar-refractivity contribution in [2.24, 2.45) is 5.14 Å². The Labute approximate surface area is 138 Å². The fourth-order valence-corrected chi connectivity index (χ4v) is 2.71. The zero-order valence-corrected chi connectivity index (χ0v) is 13.8. The van der Waals surface area contributed by atoms with Gasteiger partial charge in [0.15, 0.2) is 0 Å². The minimum atomic E-state index is -3.91. The highest BCUT2D eigenvalue weighted by molar-refractivity contribution is 7.89. The lowest BCUT2D eigenvalue weighted by atomic mass is 10.1. The maximum Gasteiger partial charge on any atom is 0.273 e. The van der Waals surface area contributed by atoms with Gasteiger partial charge in [-0.1, -0.05) is 12.1 Å². The van der Waals surface area contributed by atoms with Gasteiger partial charge in [0.05, 0.1) is 9.82 Å². The average Bonchev–Trinajstić information content (AvgIpc) is 2.48. The minimum Gasteiger partial charge on any atom is -0.322 e. The summed E-state index contributed by atoms with van der Waals surface area (Å²) >= 11 is 0. The third kappa shape index (κ3) is 3.58. The van der Waals surface area contributed by atoms with E-state index in [0.717, 1.165) is 0 Å². The third-order valence-corrected chi connectivity index (χ3v) is 4.44. The molecule has 0 atom stereocenters. The first-order valence-electron chi connectivity index (χ1n) is 6.80. The molecule has 0 saturated carbocycles. The second-order valence-corrected chi connectivity index (χ2v) is 6.74. The molecule has 8 nitrogen and oxygen atoms in total. The first-order valence-corrected chi connectivity index (χ1v) is 8.34. The number of hydrogen-bond donors (Lipinski definition) is 2. The predicted octanol–water partition coefficient (Wildman–Crippen LogP) is 2.11. The van der Waals surface area contributed by atoms with Crippen LogP contribution in [-0.4, -0.2) is 19.2 Å². The number of amides is 1. The SMILES string of the molecule is Cc1ccc(S(N)(=O)=O)cc1NC(=O)c1cccc([N+](=O)[O-])c1C. The number of benzene rings is 2. The fourth-order valence-electron chi connectivity index (χ4n) is 2.17. The molecule has 0 aliphatic carbocycles. The van der Waals surface area contributed by atoms with E-state index in [-0.39, 0.29) is 27.4 Å². The number of nitro benzene ring substituents is 1. The summed E-state index contributed by atoms with van der Waals surface area (Å²) in [4.78, 5) is 22.7. The van der Waals surface area contributed by atoms with Crippen molar-refractivity contribution in [3.05, 3.63) is 63.2 Å². The summed E-state index contributed by atoms with van der Waals surface area (Å²) in [5.74, 6) is -0.578. The van der Waals surface area contributed by atoms with Crippen molar-refractivity contribution < 1.29 is 18.1 Å². The van der Waals surface area contributed by atoms with Gasteiger partial charge >= 0.3 is 0 Å². The van der Waals surface area contributed by atoms with E-state index in [1.807, 2.05) is 0 Å². The smallest absolute Gasteiger partial charge is 0.273 e. The minimum absolute atomic E-state index is 0.129. The fraction of sp³-hybridized carbons (Fsp3) is 0.133. The van der Waals surface area contributed by atoms with Crippen LogP contribution in [0.2, 0.25) is 0 Å². The number of nitro groups is 1. The summed E-state index contributed by atoms with van der Waals surface area (Å²) in [5, 5.41) is 18.6. The zero-order chi connectivity index (χ0) is 18.1. The molecular weight excluding hydrogens is 334 g/mol. The first kappa shape index (κ1) is 17.6. The molecule has 0 saturated heterocycles. The van der Waals surface area contributed by atoms with Crippen molar-refractivity contribution >= 4 is 27.3 Å². The van der Waals surface area contributed by atoms with Crippen LogP contribution in [0.1, 0.15) is 21.5 Å². The van der Waals surface area contributed by atoms with E-state index in [1.54, 1.807) is 6.92 Å². The van der Waals surface area contributed by atoms with E-state index in [0.29, 0.717) is 5.56 Å². The number of carbonyl (C=O) groups is 1. The Kier molecular flexibility index (Phi) is 4.67. The monoisotopic (exact) mass is 349 g/mol. The number of anilines is 1. The van der Waals surface area contributed by atoms with Crippen LogP contribution < -0.4 is 10.5 Å². The van der Waals surface area contributed by atoms with Crippen molar-refractivity contribution in [3.63, 3.8) is 0 Å². The molecule has 0 unspecified atom stereocenters. The quantitative estimate of drug-likeness (QED) is 0.644. The van der Waals surface area contributed by atoms with Crippen molar-refractivity contribution in [3.8, 4) is 0 Å². The summed E-state index contributed by atoms with van der Waals surface area (Å²) in [6.07, 6.45) is 0. The van der Waals surface area contributed by atoms with Crippen LogP contribution in [0, 0.1) is 24.0 Å². The Morgan fingerprint density at radius 3 is 2.46 bits per heavy atom. The summed E-state index contributed by atoms with van der Waals surface area (Å²) < 4.78 is 22.8. The maximum absolute atomic E-state index is 12.4. The van der Waals surface area contributed by atoms with Gasteiger partial charge in [-0.3, -0.25) is 14.9 Å². The molecule has 126 valence electrons. The van der Waals surface area contributed by atoms with Gasteiger partial charge in [-0.2, -0.15) is 0 Å². The highest BCUT2D eigenvalue weighted by Crippen LogP contribution is 2.24. The number of nitrogens with two attached hydrogens (primary N) is 1. The molecular formula is C15H15N3O5S. The highest BCUT2D eigenvalue weighted by Gasteiger charge is 2.19. The van der Waals surface area contributed by atoms with E-state index in [4.69, 9.17) is 5.14 Å². The topological polar surface area (TPSA) is 132 Å². The lowest BCUT2D eigenvalue weighted by Gasteiger charge is -2.11. The van der Waals surface area contributed by atoms with E-state index in [9.17, 15) is 23.3 Å². The van der Waals surface area contributed by atoms with Gasteiger partial charge in [-0.25, -0.2) is 13.6 Å². The lowest BCUT2D eigenvalue weighted by molar-refractivity contribution is -0.385. The number of rotatable bonds is 4. The largest absolute Gasteiger partial charge is 0.322 e. The van der Waals surface area contributed by atoms with Gasteiger partial charge in [-0.15, -0.1) is 0 Å². The zero-order valence-electron chi connectivity index (χ0n) is 12.9. The summed E-state index contributed by atoms with van der Waals surface area (Å²) in [5.41, 5.74) is 1.07. The predicted molar refractivity (Wildman–Crippen MR) is 88.3 cm³/mol. The molecule has 0 fully saturated rings. The molecule has 0 aromatic heterocycles. The van der Waals surface area contributed by atoms with Gasteiger partial charge in [0.1, 0.15) is 0 Å². The van der Waals surface area contributed by atoms with Gasteiger partial charge in [0.25, 0.3) is 11.6 Å². The average molecular weight is 349 g/mol. The van der Waals surface area contributed by atoms with Crippen LogP contribution in [0.5, 0.6) is 0 Å². The van der Waals surface area contributed by atoms with Gasteiger partial charge < -0.3 is 5.32 Å². The third-order valence-electron chi connectivity index (χ3n) is 3.53. The first-order chi connectivity index (χ1) is 11.1. The molecule has 9 heteroatoms. The molecule has 24 heavy (non-hydrogen) atoms. The number of aryl methyl sites for hydroxylation is 1. The molecule has 0 radical (unpaired) electrons. The molecule has 1 amide bonds.